The Morgan fingerprint density at radius 2 is 1.76 bits per heavy atom. The maximum absolute atomic E-state index is 11.3. The first kappa shape index (κ1) is 17.3. The molecule has 0 radical (unpaired) electrons. The molecule has 0 amide bonds. The van der Waals surface area contributed by atoms with Crippen LogP contribution in [0.15, 0.2) is 24.3 Å². The van der Waals surface area contributed by atoms with Gasteiger partial charge in [-0.05, 0) is 32.0 Å². The van der Waals surface area contributed by atoms with Gasteiger partial charge in [0.1, 0.15) is 6.61 Å². The molecule has 118 valence electrons. The Bertz CT molecular complexity index is 422. The van der Waals surface area contributed by atoms with Crippen LogP contribution in [0, 0.1) is 0 Å². The molecule has 1 aromatic carbocycles. The highest BCUT2D eigenvalue weighted by Gasteiger charge is 2.11. The first-order valence-electron chi connectivity index (χ1n) is 7.35. The summed E-state index contributed by atoms with van der Waals surface area (Å²) >= 11 is 0. The molecule has 0 aliphatic carbocycles. The Balaban J connectivity index is 2.47. The molecule has 5 heteroatoms. The van der Waals surface area contributed by atoms with Gasteiger partial charge in [-0.15, -0.1) is 0 Å². The SMILES string of the molecule is CCCN(CCOc1ccccc1OCC)CC(=O)OC. The quantitative estimate of drug-likeness (QED) is 0.620. The Labute approximate surface area is 126 Å². The molecule has 0 aromatic heterocycles. The minimum atomic E-state index is -0.224. The van der Waals surface area contributed by atoms with Crippen molar-refractivity contribution in [2.24, 2.45) is 0 Å². The lowest BCUT2D eigenvalue weighted by atomic mass is 10.3. The van der Waals surface area contributed by atoms with E-state index in [1.807, 2.05) is 36.1 Å². The van der Waals surface area contributed by atoms with Gasteiger partial charge in [-0.25, -0.2) is 0 Å². The third-order valence-electron chi connectivity index (χ3n) is 2.93. The predicted octanol–water partition coefficient (Wildman–Crippen LogP) is 2.35. The second kappa shape index (κ2) is 10.0. The second-order valence-electron chi connectivity index (χ2n) is 4.58. The van der Waals surface area contributed by atoms with E-state index in [-0.39, 0.29) is 5.97 Å². The zero-order chi connectivity index (χ0) is 15.5. The fourth-order valence-corrected chi connectivity index (χ4v) is 1.96. The number of hydrogen-bond acceptors (Lipinski definition) is 5. The van der Waals surface area contributed by atoms with Crippen LogP contribution in [-0.4, -0.2) is 50.8 Å². The zero-order valence-electron chi connectivity index (χ0n) is 13.1. The van der Waals surface area contributed by atoms with Crippen molar-refractivity contribution >= 4 is 5.97 Å². The van der Waals surface area contributed by atoms with Gasteiger partial charge < -0.3 is 14.2 Å². The highest BCUT2D eigenvalue weighted by molar-refractivity contribution is 5.71. The van der Waals surface area contributed by atoms with E-state index < -0.39 is 0 Å². The molecule has 0 saturated carbocycles. The van der Waals surface area contributed by atoms with Crippen molar-refractivity contribution in [1.82, 2.24) is 4.90 Å². The molecule has 0 fully saturated rings. The van der Waals surface area contributed by atoms with Gasteiger partial charge in [-0.2, -0.15) is 0 Å². The van der Waals surface area contributed by atoms with E-state index in [4.69, 9.17) is 14.2 Å². The molecule has 0 unspecified atom stereocenters. The number of methoxy groups -OCH3 is 1. The van der Waals surface area contributed by atoms with Gasteiger partial charge >= 0.3 is 5.97 Å². The van der Waals surface area contributed by atoms with Crippen LogP contribution in [0.1, 0.15) is 20.3 Å². The highest BCUT2D eigenvalue weighted by Crippen LogP contribution is 2.26. The summed E-state index contributed by atoms with van der Waals surface area (Å²) in [6.45, 7) is 6.92. The summed E-state index contributed by atoms with van der Waals surface area (Å²) in [5.74, 6) is 1.25. The average Bonchev–Trinajstić information content (AvgIpc) is 2.49. The molecule has 0 heterocycles. The largest absolute Gasteiger partial charge is 0.490 e. The van der Waals surface area contributed by atoms with Gasteiger partial charge in [0.05, 0.1) is 20.3 Å². The van der Waals surface area contributed by atoms with Crippen LogP contribution in [0.5, 0.6) is 11.5 Å². The zero-order valence-corrected chi connectivity index (χ0v) is 13.1. The number of ether oxygens (including phenoxy) is 3. The fraction of sp³-hybridized carbons (Fsp3) is 0.562. The van der Waals surface area contributed by atoms with Crippen LogP contribution in [0.3, 0.4) is 0 Å². The maximum atomic E-state index is 11.3. The van der Waals surface area contributed by atoms with Crippen LogP contribution in [0.25, 0.3) is 0 Å². The standard InChI is InChI=1S/C16H25NO4/c1-4-10-17(13-16(18)19-3)11-12-21-15-9-7-6-8-14(15)20-5-2/h6-9H,4-5,10-13H2,1-3H3. The van der Waals surface area contributed by atoms with Crippen LogP contribution in [0.4, 0.5) is 0 Å². The second-order valence-corrected chi connectivity index (χ2v) is 4.58. The molecule has 0 aliphatic heterocycles. The Hall–Kier alpha value is -1.75. The van der Waals surface area contributed by atoms with Gasteiger partial charge in [0.15, 0.2) is 11.5 Å². The minimum absolute atomic E-state index is 0.224. The van der Waals surface area contributed by atoms with Crippen molar-refractivity contribution in [1.29, 1.82) is 0 Å². The number of nitrogens with zero attached hydrogens (tertiary/aromatic N) is 1. The minimum Gasteiger partial charge on any atom is -0.490 e. The number of para-hydroxylation sites is 2. The van der Waals surface area contributed by atoms with Crippen LogP contribution in [-0.2, 0) is 9.53 Å². The van der Waals surface area contributed by atoms with Crippen molar-refractivity contribution in [2.75, 3.05) is 40.0 Å². The molecule has 1 rings (SSSR count). The molecule has 5 nitrogen and oxygen atoms in total. The summed E-state index contributed by atoms with van der Waals surface area (Å²) in [6.07, 6.45) is 0.979. The first-order valence-corrected chi connectivity index (χ1v) is 7.35. The molecular weight excluding hydrogens is 270 g/mol. The number of esters is 1. The monoisotopic (exact) mass is 295 g/mol. The van der Waals surface area contributed by atoms with Crippen LogP contribution in [0.2, 0.25) is 0 Å². The van der Waals surface area contributed by atoms with Gasteiger partial charge in [0.2, 0.25) is 0 Å². The number of rotatable bonds is 10. The van der Waals surface area contributed by atoms with E-state index in [0.717, 1.165) is 24.5 Å². The molecule has 0 saturated heterocycles. The van der Waals surface area contributed by atoms with Crippen molar-refractivity contribution in [3.05, 3.63) is 24.3 Å². The lowest BCUT2D eigenvalue weighted by Gasteiger charge is -2.20. The molecule has 0 atom stereocenters. The number of carbonyl (C=O) groups is 1. The smallest absolute Gasteiger partial charge is 0.319 e. The van der Waals surface area contributed by atoms with Crippen molar-refractivity contribution < 1.29 is 19.0 Å². The van der Waals surface area contributed by atoms with E-state index in [1.54, 1.807) is 0 Å². The van der Waals surface area contributed by atoms with Crippen LogP contribution < -0.4 is 9.47 Å². The molecule has 0 bridgehead atoms. The summed E-state index contributed by atoms with van der Waals surface area (Å²) in [4.78, 5) is 13.4. The topological polar surface area (TPSA) is 48.0 Å². The molecular formula is C16H25NO4. The Morgan fingerprint density at radius 1 is 1.10 bits per heavy atom. The summed E-state index contributed by atoms with van der Waals surface area (Å²) in [6, 6.07) is 7.60. The summed E-state index contributed by atoms with van der Waals surface area (Å²) in [7, 11) is 1.40. The van der Waals surface area contributed by atoms with E-state index in [1.165, 1.54) is 7.11 Å². The molecule has 21 heavy (non-hydrogen) atoms. The average molecular weight is 295 g/mol. The summed E-state index contributed by atoms with van der Waals surface area (Å²) in [5.41, 5.74) is 0. The number of hydrogen-bond donors (Lipinski definition) is 0. The third-order valence-corrected chi connectivity index (χ3v) is 2.93. The van der Waals surface area contributed by atoms with E-state index >= 15 is 0 Å². The molecule has 0 spiro atoms. The fourth-order valence-electron chi connectivity index (χ4n) is 1.96. The summed E-state index contributed by atoms with van der Waals surface area (Å²) in [5, 5.41) is 0. The van der Waals surface area contributed by atoms with Crippen molar-refractivity contribution in [3.63, 3.8) is 0 Å². The normalized spacial score (nSPS) is 10.5. The highest BCUT2D eigenvalue weighted by atomic mass is 16.5. The first-order chi connectivity index (χ1) is 10.2. The predicted molar refractivity (Wildman–Crippen MR) is 81.9 cm³/mol. The van der Waals surface area contributed by atoms with Crippen molar-refractivity contribution in [3.8, 4) is 11.5 Å². The maximum Gasteiger partial charge on any atom is 0.319 e. The van der Waals surface area contributed by atoms with Gasteiger partial charge in [-0.1, -0.05) is 19.1 Å². The van der Waals surface area contributed by atoms with Crippen molar-refractivity contribution in [2.45, 2.75) is 20.3 Å². The van der Waals surface area contributed by atoms with E-state index in [9.17, 15) is 4.79 Å². The lowest BCUT2D eigenvalue weighted by molar-refractivity contribution is -0.142. The van der Waals surface area contributed by atoms with Gasteiger partial charge in [-0.3, -0.25) is 9.69 Å². The van der Waals surface area contributed by atoms with Gasteiger partial charge in [0, 0.05) is 6.54 Å². The molecule has 0 aliphatic rings. The number of benzene rings is 1. The summed E-state index contributed by atoms with van der Waals surface area (Å²) < 4.78 is 16.0. The molecule has 0 N–H and O–H groups in total. The number of carbonyl (C=O) groups excluding carboxylic acids is 1. The Kier molecular flexibility index (Phi) is 8.28. The van der Waals surface area contributed by atoms with E-state index in [2.05, 4.69) is 6.92 Å². The van der Waals surface area contributed by atoms with Gasteiger partial charge in [0.25, 0.3) is 0 Å². The Morgan fingerprint density at radius 3 is 2.33 bits per heavy atom. The molecule has 1 aromatic rings. The van der Waals surface area contributed by atoms with E-state index in [0.29, 0.717) is 26.3 Å². The third kappa shape index (κ3) is 6.49. The van der Waals surface area contributed by atoms with Crippen LogP contribution >= 0.6 is 0 Å². The lowest BCUT2D eigenvalue weighted by Crippen LogP contribution is -2.34.